The highest BCUT2D eigenvalue weighted by molar-refractivity contribution is 9.10. The number of rotatable bonds is 5. The Labute approximate surface area is 146 Å². The molecule has 0 bridgehead atoms. The molecule has 1 unspecified atom stereocenters. The van der Waals surface area contributed by atoms with Gasteiger partial charge >= 0.3 is 0 Å². The molecule has 4 nitrogen and oxygen atoms in total. The van der Waals surface area contributed by atoms with Gasteiger partial charge in [-0.3, -0.25) is 16.0 Å². The Morgan fingerprint density at radius 2 is 2.14 bits per heavy atom. The first kappa shape index (κ1) is 17.0. The topological polar surface area (TPSA) is 55.9 Å². The molecule has 0 radical (unpaired) electrons. The molecule has 0 aliphatic heterocycles. The Bertz CT molecular complexity index is 642. The number of nitrogens with two attached hydrogens (primary N) is 1. The molecule has 0 spiro atoms. The van der Waals surface area contributed by atoms with E-state index >= 15 is 0 Å². The first-order chi connectivity index (χ1) is 9.97. The summed E-state index contributed by atoms with van der Waals surface area (Å²) in [4.78, 5) is 0. The van der Waals surface area contributed by atoms with Crippen LogP contribution in [0.3, 0.4) is 0 Å². The third-order valence-electron chi connectivity index (χ3n) is 3.39. The first-order valence-corrected chi connectivity index (χ1v) is 8.57. The van der Waals surface area contributed by atoms with E-state index in [0.717, 1.165) is 32.4 Å². The zero-order chi connectivity index (χ0) is 15.6. The molecule has 21 heavy (non-hydrogen) atoms. The van der Waals surface area contributed by atoms with E-state index in [1.54, 1.807) is 0 Å². The number of aromatic nitrogens is 2. The molecule has 2 rings (SSSR count). The van der Waals surface area contributed by atoms with Crippen LogP contribution in [0.4, 0.5) is 0 Å². The molecule has 0 saturated carbocycles. The molecule has 114 valence electrons. The maximum atomic E-state index is 6.33. The SMILES string of the molecule is CCn1nc(C)c(Br)c1CC(NN)c1ccc(Br)cc1Cl. The summed E-state index contributed by atoms with van der Waals surface area (Å²) in [5, 5.41) is 5.19. The van der Waals surface area contributed by atoms with Crippen molar-refractivity contribution in [2.75, 3.05) is 0 Å². The molecule has 0 amide bonds. The van der Waals surface area contributed by atoms with Gasteiger partial charge in [0.05, 0.1) is 21.9 Å². The summed E-state index contributed by atoms with van der Waals surface area (Å²) < 4.78 is 3.96. The van der Waals surface area contributed by atoms with Crippen molar-refractivity contribution in [3.8, 4) is 0 Å². The minimum Gasteiger partial charge on any atom is -0.271 e. The van der Waals surface area contributed by atoms with Crippen molar-refractivity contribution in [2.45, 2.75) is 32.9 Å². The molecule has 1 heterocycles. The standard InChI is InChI=1S/C14H17Br2ClN4/c1-3-21-13(14(16)8(2)20-21)7-12(19-18)10-5-4-9(15)6-11(10)17/h4-6,12,19H,3,7,18H2,1-2H3. The molecular formula is C14H17Br2ClN4. The third-order valence-corrected chi connectivity index (χ3v) is 5.24. The van der Waals surface area contributed by atoms with E-state index in [-0.39, 0.29) is 6.04 Å². The number of hydrazine groups is 1. The molecule has 1 aromatic heterocycles. The highest BCUT2D eigenvalue weighted by atomic mass is 79.9. The maximum absolute atomic E-state index is 6.33. The fourth-order valence-electron chi connectivity index (χ4n) is 2.30. The van der Waals surface area contributed by atoms with Gasteiger partial charge in [0.15, 0.2) is 0 Å². The molecule has 7 heteroatoms. The van der Waals surface area contributed by atoms with Crippen molar-refractivity contribution in [3.05, 3.63) is 49.1 Å². The number of hydrogen-bond acceptors (Lipinski definition) is 3. The summed E-state index contributed by atoms with van der Waals surface area (Å²) in [6.45, 7) is 4.87. The van der Waals surface area contributed by atoms with Crippen LogP contribution in [0.1, 0.15) is 29.9 Å². The lowest BCUT2D eigenvalue weighted by Gasteiger charge is -2.19. The van der Waals surface area contributed by atoms with Gasteiger partial charge in [-0.15, -0.1) is 0 Å². The van der Waals surface area contributed by atoms with Crippen LogP contribution in [0.15, 0.2) is 27.1 Å². The van der Waals surface area contributed by atoms with E-state index in [9.17, 15) is 0 Å². The van der Waals surface area contributed by atoms with Crippen LogP contribution in [-0.2, 0) is 13.0 Å². The summed E-state index contributed by atoms with van der Waals surface area (Å²) in [6.07, 6.45) is 0.702. The zero-order valence-electron chi connectivity index (χ0n) is 11.8. The number of benzene rings is 1. The van der Waals surface area contributed by atoms with E-state index in [4.69, 9.17) is 17.4 Å². The third kappa shape index (κ3) is 3.68. The molecule has 1 aromatic carbocycles. The largest absolute Gasteiger partial charge is 0.271 e. The second-order valence-electron chi connectivity index (χ2n) is 4.75. The molecule has 0 aliphatic rings. The van der Waals surface area contributed by atoms with E-state index in [1.165, 1.54) is 0 Å². The average molecular weight is 437 g/mol. The molecule has 1 atom stereocenters. The lowest BCUT2D eigenvalue weighted by atomic mass is 10.0. The summed E-state index contributed by atoms with van der Waals surface area (Å²) in [7, 11) is 0. The van der Waals surface area contributed by atoms with E-state index in [0.29, 0.717) is 11.4 Å². The molecular weight excluding hydrogens is 419 g/mol. The summed E-state index contributed by atoms with van der Waals surface area (Å²) >= 11 is 13.4. The van der Waals surface area contributed by atoms with Crippen LogP contribution in [0.5, 0.6) is 0 Å². The van der Waals surface area contributed by atoms with Crippen LogP contribution in [0.25, 0.3) is 0 Å². The number of halogens is 3. The first-order valence-electron chi connectivity index (χ1n) is 6.60. The Balaban J connectivity index is 2.35. The maximum Gasteiger partial charge on any atom is 0.0738 e. The van der Waals surface area contributed by atoms with Crippen LogP contribution in [-0.4, -0.2) is 9.78 Å². The fraction of sp³-hybridized carbons (Fsp3) is 0.357. The fourth-order valence-corrected chi connectivity index (χ4v) is 3.55. The summed E-state index contributed by atoms with van der Waals surface area (Å²) in [6, 6.07) is 5.73. The van der Waals surface area contributed by atoms with Crippen LogP contribution in [0.2, 0.25) is 5.02 Å². The van der Waals surface area contributed by atoms with E-state index in [2.05, 4.69) is 49.3 Å². The van der Waals surface area contributed by atoms with Gasteiger partial charge in [-0.25, -0.2) is 0 Å². The lowest BCUT2D eigenvalue weighted by Crippen LogP contribution is -2.30. The van der Waals surface area contributed by atoms with E-state index in [1.807, 2.05) is 29.8 Å². The molecule has 0 saturated heterocycles. The van der Waals surface area contributed by atoms with Crippen molar-refractivity contribution < 1.29 is 0 Å². The second-order valence-corrected chi connectivity index (χ2v) is 6.87. The zero-order valence-corrected chi connectivity index (χ0v) is 15.8. The molecule has 0 fully saturated rings. The lowest BCUT2D eigenvalue weighted by molar-refractivity contribution is 0.516. The van der Waals surface area contributed by atoms with Gasteiger partial charge in [-0.2, -0.15) is 5.10 Å². The molecule has 0 aliphatic carbocycles. The van der Waals surface area contributed by atoms with Gasteiger partial charge in [0.1, 0.15) is 0 Å². The second kappa shape index (κ2) is 7.24. The van der Waals surface area contributed by atoms with Crippen molar-refractivity contribution in [1.82, 2.24) is 15.2 Å². The van der Waals surface area contributed by atoms with Crippen molar-refractivity contribution in [2.24, 2.45) is 5.84 Å². The van der Waals surface area contributed by atoms with Crippen molar-refractivity contribution in [3.63, 3.8) is 0 Å². The Hall–Kier alpha value is -0.400. The number of nitrogens with one attached hydrogen (secondary N) is 1. The van der Waals surface area contributed by atoms with Gasteiger partial charge < -0.3 is 0 Å². The van der Waals surface area contributed by atoms with Gasteiger partial charge in [0.25, 0.3) is 0 Å². The minimum absolute atomic E-state index is 0.0803. The number of hydrogen-bond donors (Lipinski definition) is 2. The van der Waals surface area contributed by atoms with Gasteiger partial charge in [-0.05, 0) is 47.5 Å². The smallest absolute Gasteiger partial charge is 0.0738 e. The van der Waals surface area contributed by atoms with Gasteiger partial charge in [0.2, 0.25) is 0 Å². The summed E-state index contributed by atoms with van der Waals surface area (Å²) in [5.41, 5.74) is 5.91. The average Bonchev–Trinajstić information content (AvgIpc) is 2.72. The predicted molar refractivity (Wildman–Crippen MR) is 93.3 cm³/mol. The van der Waals surface area contributed by atoms with Crippen LogP contribution >= 0.6 is 43.5 Å². The Kier molecular flexibility index (Phi) is 5.85. The Morgan fingerprint density at radius 3 is 2.71 bits per heavy atom. The number of nitrogens with zero attached hydrogens (tertiary/aromatic N) is 2. The minimum atomic E-state index is -0.0803. The Morgan fingerprint density at radius 1 is 1.43 bits per heavy atom. The van der Waals surface area contributed by atoms with Crippen molar-refractivity contribution in [1.29, 1.82) is 0 Å². The highest BCUT2D eigenvalue weighted by Crippen LogP contribution is 2.31. The van der Waals surface area contributed by atoms with Gasteiger partial charge in [0, 0.05) is 22.5 Å². The normalized spacial score (nSPS) is 12.7. The quantitative estimate of drug-likeness (QED) is 0.547. The highest BCUT2D eigenvalue weighted by Gasteiger charge is 2.20. The monoisotopic (exact) mass is 434 g/mol. The molecule has 2 aromatic rings. The van der Waals surface area contributed by atoms with Crippen LogP contribution in [0, 0.1) is 6.92 Å². The predicted octanol–water partition coefficient (Wildman–Crippen LogP) is 4.14. The summed E-state index contributed by atoms with van der Waals surface area (Å²) in [5.74, 6) is 5.74. The van der Waals surface area contributed by atoms with Gasteiger partial charge in [-0.1, -0.05) is 33.6 Å². The van der Waals surface area contributed by atoms with E-state index < -0.39 is 0 Å². The van der Waals surface area contributed by atoms with Crippen molar-refractivity contribution >= 4 is 43.5 Å². The van der Waals surface area contributed by atoms with Crippen LogP contribution < -0.4 is 11.3 Å². The number of aryl methyl sites for hydroxylation is 2. The molecule has 3 N–H and O–H groups in total.